The third-order valence-corrected chi connectivity index (χ3v) is 5.49. The van der Waals surface area contributed by atoms with Crippen molar-refractivity contribution in [2.45, 2.75) is 22.6 Å². The number of hydrogen-bond donors (Lipinski definition) is 1. The summed E-state index contributed by atoms with van der Waals surface area (Å²) in [6, 6.07) is 5.28. The molecule has 1 heterocycles. The summed E-state index contributed by atoms with van der Waals surface area (Å²) in [4.78, 5) is 1.52. The van der Waals surface area contributed by atoms with Gasteiger partial charge in [-0.25, -0.2) is 8.42 Å². The van der Waals surface area contributed by atoms with Crippen LogP contribution in [0.1, 0.15) is 12.0 Å². The van der Waals surface area contributed by atoms with Gasteiger partial charge in [-0.15, -0.1) is 11.8 Å². The number of rotatable bonds is 3. The molecule has 1 aliphatic heterocycles. The second kappa shape index (κ2) is 4.77. The van der Waals surface area contributed by atoms with Crippen LogP contribution in [0.2, 0.25) is 0 Å². The lowest BCUT2D eigenvalue weighted by atomic mass is 10.1. The Morgan fingerprint density at radius 2 is 2.19 bits per heavy atom. The number of benzene rings is 1. The smallest absolute Gasteiger partial charge is 0.180 e. The number of sulfone groups is 1. The van der Waals surface area contributed by atoms with Gasteiger partial charge in [0.2, 0.25) is 0 Å². The van der Waals surface area contributed by atoms with E-state index < -0.39 is 9.84 Å². The Bertz CT molecular complexity index is 480. The molecular formula is C11H14O3S2. The highest BCUT2D eigenvalue weighted by Gasteiger charge is 2.17. The minimum absolute atomic E-state index is 0.196. The summed E-state index contributed by atoms with van der Waals surface area (Å²) in [6.07, 6.45) is 2.05. The number of hydrogen-bond acceptors (Lipinski definition) is 4. The second-order valence-corrected chi connectivity index (χ2v) is 7.01. The van der Waals surface area contributed by atoms with Crippen molar-refractivity contribution in [2.24, 2.45) is 0 Å². The van der Waals surface area contributed by atoms with Crippen LogP contribution in [0, 0.1) is 0 Å². The first kappa shape index (κ1) is 12.0. The molecule has 1 N–H and O–H groups in total. The molecule has 0 bridgehead atoms. The van der Waals surface area contributed by atoms with Crippen molar-refractivity contribution in [3.63, 3.8) is 0 Å². The van der Waals surface area contributed by atoms with Gasteiger partial charge in [0.1, 0.15) is 0 Å². The molecule has 0 amide bonds. The molecule has 2 rings (SSSR count). The Labute approximate surface area is 99.8 Å². The van der Waals surface area contributed by atoms with Crippen molar-refractivity contribution < 1.29 is 13.5 Å². The number of fused-ring (bicyclic) bond motifs is 1. The van der Waals surface area contributed by atoms with Gasteiger partial charge in [-0.1, -0.05) is 0 Å². The average molecular weight is 258 g/mol. The first-order valence-electron chi connectivity index (χ1n) is 5.23. The Hall–Kier alpha value is -0.520. The first-order valence-corrected chi connectivity index (χ1v) is 7.86. The molecule has 88 valence electrons. The largest absolute Gasteiger partial charge is 0.395 e. The maximum absolute atomic E-state index is 11.8. The van der Waals surface area contributed by atoms with Gasteiger partial charge >= 0.3 is 0 Å². The minimum atomic E-state index is -3.30. The molecule has 16 heavy (non-hydrogen) atoms. The van der Waals surface area contributed by atoms with Crippen LogP contribution in [0.3, 0.4) is 0 Å². The summed E-state index contributed by atoms with van der Waals surface area (Å²) in [5.74, 6) is 0.911. The minimum Gasteiger partial charge on any atom is -0.395 e. The van der Waals surface area contributed by atoms with Gasteiger partial charge in [0.05, 0.1) is 17.3 Å². The molecule has 0 aromatic heterocycles. The summed E-state index contributed by atoms with van der Waals surface area (Å²) < 4.78 is 23.5. The summed E-state index contributed by atoms with van der Waals surface area (Å²) in [7, 11) is -3.30. The number of aryl methyl sites for hydroxylation is 1. The van der Waals surface area contributed by atoms with E-state index in [9.17, 15) is 8.42 Å². The lowest BCUT2D eigenvalue weighted by Gasteiger charge is -2.15. The maximum atomic E-state index is 11.8. The second-order valence-electron chi connectivity index (χ2n) is 3.76. The van der Waals surface area contributed by atoms with Crippen LogP contribution in [-0.4, -0.2) is 31.6 Å². The number of aliphatic hydroxyl groups is 1. The fourth-order valence-corrected chi connectivity index (χ4v) is 3.86. The van der Waals surface area contributed by atoms with E-state index in [1.165, 1.54) is 4.90 Å². The van der Waals surface area contributed by atoms with E-state index in [1.807, 2.05) is 6.07 Å². The molecule has 0 radical (unpaired) electrons. The van der Waals surface area contributed by atoms with Gasteiger partial charge in [-0.3, -0.25) is 0 Å². The highest BCUT2D eigenvalue weighted by atomic mass is 32.2. The Morgan fingerprint density at radius 3 is 2.94 bits per heavy atom. The molecular weight excluding hydrogens is 244 g/mol. The predicted octanol–water partition coefficient (Wildman–Crippen LogP) is 1.49. The first-order chi connectivity index (χ1) is 7.63. The molecule has 0 spiro atoms. The van der Waals surface area contributed by atoms with Gasteiger partial charge in [-0.2, -0.15) is 0 Å². The van der Waals surface area contributed by atoms with E-state index >= 15 is 0 Å². The van der Waals surface area contributed by atoms with Crippen molar-refractivity contribution in [3.05, 3.63) is 23.8 Å². The van der Waals surface area contributed by atoms with Crippen molar-refractivity contribution in [1.82, 2.24) is 0 Å². The van der Waals surface area contributed by atoms with Crippen LogP contribution in [0.15, 0.2) is 28.0 Å². The molecule has 1 aromatic carbocycles. The SMILES string of the molecule is O=S(=O)(CCO)c1ccc2c(c1)CCCS2. The molecule has 0 aliphatic carbocycles. The fraction of sp³-hybridized carbons (Fsp3) is 0.455. The molecule has 0 atom stereocenters. The lowest BCUT2D eigenvalue weighted by Crippen LogP contribution is -2.11. The lowest BCUT2D eigenvalue weighted by molar-refractivity contribution is 0.319. The van der Waals surface area contributed by atoms with Gasteiger partial charge in [0.15, 0.2) is 9.84 Å². The molecule has 0 unspecified atom stereocenters. The van der Waals surface area contributed by atoms with E-state index in [0.29, 0.717) is 4.90 Å². The molecule has 0 saturated carbocycles. The normalized spacial score (nSPS) is 15.8. The van der Waals surface area contributed by atoms with Crippen LogP contribution in [0.5, 0.6) is 0 Å². The standard InChI is InChI=1S/C11H14O3S2/c12-5-7-16(13,14)10-3-4-11-9(8-10)2-1-6-15-11/h3-4,8,12H,1-2,5-7H2. The third-order valence-electron chi connectivity index (χ3n) is 2.60. The Morgan fingerprint density at radius 1 is 1.38 bits per heavy atom. The monoisotopic (exact) mass is 258 g/mol. The number of thioether (sulfide) groups is 1. The highest BCUT2D eigenvalue weighted by molar-refractivity contribution is 7.99. The molecule has 5 heteroatoms. The summed E-state index contributed by atoms with van der Waals surface area (Å²) >= 11 is 1.78. The fourth-order valence-electron chi connectivity index (χ4n) is 1.77. The van der Waals surface area contributed by atoms with Gasteiger partial charge in [0, 0.05) is 4.90 Å². The average Bonchev–Trinajstić information content (AvgIpc) is 2.28. The van der Waals surface area contributed by atoms with Crippen LogP contribution < -0.4 is 0 Å². The zero-order valence-corrected chi connectivity index (χ0v) is 10.5. The van der Waals surface area contributed by atoms with Crippen molar-refractivity contribution in [2.75, 3.05) is 18.1 Å². The topological polar surface area (TPSA) is 54.4 Å². The van der Waals surface area contributed by atoms with Crippen molar-refractivity contribution in [3.8, 4) is 0 Å². The van der Waals surface area contributed by atoms with Gasteiger partial charge in [-0.05, 0) is 42.4 Å². The predicted molar refractivity (Wildman–Crippen MR) is 64.6 cm³/mol. The highest BCUT2D eigenvalue weighted by Crippen LogP contribution is 2.31. The zero-order valence-electron chi connectivity index (χ0n) is 8.85. The molecule has 3 nitrogen and oxygen atoms in total. The zero-order chi connectivity index (χ0) is 11.6. The Balaban J connectivity index is 2.37. The van der Waals surface area contributed by atoms with Crippen molar-refractivity contribution >= 4 is 21.6 Å². The molecule has 1 aromatic rings. The maximum Gasteiger partial charge on any atom is 0.180 e. The van der Waals surface area contributed by atoms with Crippen LogP contribution in [0.25, 0.3) is 0 Å². The summed E-state index contributed by atoms with van der Waals surface area (Å²) in [5, 5.41) is 8.72. The van der Waals surface area contributed by atoms with E-state index in [4.69, 9.17) is 5.11 Å². The van der Waals surface area contributed by atoms with E-state index in [-0.39, 0.29) is 12.4 Å². The molecule has 1 aliphatic rings. The number of aliphatic hydroxyl groups excluding tert-OH is 1. The summed E-state index contributed by atoms with van der Waals surface area (Å²) in [5.41, 5.74) is 1.12. The molecule has 0 fully saturated rings. The van der Waals surface area contributed by atoms with Crippen LogP contribution in [-0.2, 0) is 16.3 Å². The van der Waals surface area contributed by atoms with Crippen LogP contribution in [0.4, 0.5) is 0 Å². The molecule has 0 saturated heterocycles. The van der Waals surface area contributed by atoms with Crippen molar-refractivity contribution in [1.29, 1.82) is 0 Å². The third kappa shape index (κ3) is 2.42. The van der Waals surface area contributed by atoms with E-state index in [0.717, 1.165) is 24.2 Å². The van der Waals surface area contributed by atoms with Gasteiger partial charge in [0.25, 0.3) is 0 Å². The van der Waals surface area contributed by atoms with E-state index in [1.54, 1.807) is 23.9 Å². The van der Waals surface area contributed by atoms with E-state index in [2.05, 4.69) is 0 Å². The van der Waals surface area contributed by atoms with Crippen LogP contribution >= 0.6 is 11.8 Å². The quantitative estimate of drug-likeness (QED) is 0.892. The Kier molecular flexibility index (Phi) is 3.56. The summed E-state index contributed by atoms with van der Waals surface area (Å²) in [6.45, 7) is -0.325. The van der Waals surface area contributed by atoms with Gasteiger partial charge < -0.3 is 5.11 Å².